The van der Waals surface area contributed by atoms with Crippen LogP contribution in [0.5, 0.6) is 0 Å². The smallest absolute Gasteiger partial charge is 0.373 e. The Hall–Kier alpha value is -1.78. The van der Waals surface area contributed by atoms with E-state index in [4.69, 9.17) is 5.11 Å². The SMILES string of the molecule is C1CC1.C1CC1.COC(=O)c1ccc(C(=O)O)o1. The van der Waals surface area contributed by atoms with Crippen molar-refractivity contribution in [3.63, 3.8) is 0 Å². The summed E-state index contributed by atoms with van der Waals surface area (Å²) >= 11 is 0. The lowest BCUT2D eigenvalue weighted by Gasteiger charge is -1.91. The highest BCUT2D eigenvalue weighted by atomic mass is 16.5. The number of ether oxygens (including phenoxy) is 1. The van der Waals surface area contributed by atoms with E-state index < -0.39 is 11.9 Å². The van der Waals surface area contributed by atoms with Crippen LogP contribution in [0.15, 0.2) is 16.5 Å². The van der Waals surface area contributed by atoms with Gasteiger partial charge in [0.05, 0.1) is 7.11 Å². The number of esters is 1. The van der Waals surface area contributed by atoms with Crippen molar-refractivity contribution in [3.8, 4) is 0 Å². The number of hydrogen-bond acceptors (Lipinski definition) is 4. The maximum Gasteiger partial charge on any atom is 0.373 e. The molecule has 0 radical (unpaired) electrons. The molecule has 2 aliphatic carbocycles. The van der Waals surface area contributed by atoms with Gasteiger partial charge in [0, 0.05) is 0 Å². The van der Waals surface area contributed by atoms with Crippen molar-refractivity contribution >= 4 is 11.9 Å². The van der Waals surface area contributed by atoms with Gasteiger partial charge in [-0.25, -0.2) is 9.59 Å². The van der Waals surface area contributed by atoms with E-state index in [9.17, 15) is 9.59 Å². The number of aromatic carboxylic acids is 1. The molecule has 1 heterocycles. The van der Waals surface area contributed by atoms with Gasteiger partial charge < -0.3 is 14.3 Å². The highest BCUT2D eigenvalue weighted by Gasteiger charge is 2.14. The van der Waals surface area contributed by atoms with E-state index in [1.165, 1.54) is 57.8 Å². The minimum Gasteiger partial charge on any atom is -0.475 e. The minimum atomic E-state index is -1.22. The molecule has 1 N–H and O–H groups in total. The van der Waals surface area contributed by atoms with E-state index in [1.54, 1.807) is 0 Å². The molecule has 18 heavy (non-hydrogen) atoms. The Labute approximate surface area is 106 Å². The van der Waals surface area contributed by atoms with Gasteiger partial charge in [-0.2, -0.15) is 0 Å². The van der Waals surface area contributed by atoms with Gasteiger partial charge in [-0.05, 0) is 12.1 Å². The van der Waals surface area contributed by atoms with E-state index >= 15 is 0 Å². The highest BCUT2D eigenvalue weighted by molar-refractivity contribution is 5.89. The Morgan fingerprint density at radius 1 is 1.06 bits per heavy atom. The molecule has 0 bridgehead atoms. The first-order valence-corrected chi connectivity index (χ1v) is 6.06. The van der Waals surface area contributed by atoms with Gasteiger partial charge >= 0.3 is 11.9 Å². The Bertz CT molecular complexity index is 378. The molecule has 0 saturated heterocycles. The molecule has 5 nitrogen and oxygen atoms in total. The molecule has 1 aromatic rings. The number of furan rings is 1. The first-order valence-electron chi connectivity index (χ1n) is 6.06. The second-order valence-corrected chi connectivity index (χ2v) is 4.08. The molecule has 2 saturated carbocycles. The first kappa shape index (κ1) is 14.3. The van der Waals surface area contributed by atoms with Crippen LogP contribution < -0.4 is 0 Å². The average molecular weight is 254 g/mol. The molecule has 5 heteroatoms. The van der Waals surface area contributed by atoms with Crippen molar-refractivity contribution in [2.45, 2.75) is 38.5 Å². The lowest BCUT2D eigenvalue weighted by molar-refractivity contribution is 0.0555. The monoisotopic (exact) mass is 254 g/mol. The van der Waals surface area contributed by atoms with E-state index in [1.807, 2.05) is 0 Å². The molecule has 0 unspecified atom stereocenters. The summed E-state index contributed by atoms with van der Waals surface area (Å²) in [5.74, 6) is -2.31. The zero-order valence-electron chi connectivity index (χ0n) is 10.5. The fourth-order valence-corrected chi connectivity index (χ4v) is 0.663. The van der Waals surface area contributed by atoms with Gasteiger partial charge in [-0.3, -0.25) is 0 Å². The molecule has 0 aliphatic heterocycles. The van der Waals surface area contributed by atoms with Gasteiger partial charge in [0.1, 0.15) is 0 Å². The summed E-state index contributed by atoms with van der Waals surface area (Å²) < 4.78 is 8.93. The molecule has 100 valence electrons. The molecule has 0 atom stereocenters. The first-order chi connectivity index (χ1) is 8.65. The quantitative estimate of drug-likeness (QED) is 0.820. The fraction of sp³-hybridized carbons (Fsp3) is 0.538. The van der Waals surface area contributed by atoms with Gasteiger partial charge in [-0.1, -0.05) is 38.5 Å². The summed E-state index contributed by atoms with van der Waals surface area (Å²) in [6.07, 6.45) is 9.00. The predicted octanol–water partition coefficient (Wildman–Crippen LogP) is 3.11. The van der Waals surface area contributed by atoms with Crippen molar-refractivity contribution in [2.24, 2.45) is 0 Å². The van der Waals surface area contributed by atoms with Crippen LogP contribution in [0.3, 0.4) is 0 Å². The molecule has 0 spiro atoms. The normalized spacial score (nSPS) is 14.3. The summed E-state index contributed by atoms with van der Waals surface area (Å²) in [7, 11) is 1.19. The van der Waals surface area contributed by atoms with Gasteiger partial charge in [0.2, 0.25) is 11.5 Å². The summed E-state index contributed by atoms with van der Waals surface area (Å²) in [4.78, 5) is 21.0. The standard InChI is InChI=1S/C7H6O5.2C3H6/c1-11-7(10)5-3-2-4(12-5)6(8)9;2*1-2-3-1/h2-3H,1H3,(H,8,9);2*1-3H2. The van der Waals surface area contributed by atoms with Crippen LogP contribution >= 0.6 is 0 Å². The second-order valence-electron chi connectivity index (χ2n) is 4.08. The molecular weight excluding hydrogens is 236 g/mol. The zero-order valence-corrected chi connectivity index (χ0v) is 10.5. The van der Waals surface area contributed by atoms with Gasteiger partial charge in [0.25, 0.3) is 0 Å². The molecule has 1 aromatic heterocycles. The Balaban J connectivity index is 0.000000216. The lowest BCUT2D eigenvalue weighted by Crippen LogP contribution is -1.99. The Kier molecular flexibility index (Phi) is 5.97. The number of hydrogen-bond donors (Lipinski definition) is 1. The largest absolute Gasteiger partial charge is 0.475 e. The van der Waals surface area contributed by atoms with Gasteiger partial charge in [0.15, 0.2) is 0 Å². The van der Waals surface area contributed by atoms with Crippen LogP contribution in [-0.2, 0) is 4.74 Å². The average Bonchev–Trinajstić information content (AvgIpc) is 3.22. The third-order valence-corrected chi connectivity index (χ3v) is 1.91. The van der Waals surface area contributed by atoms with E-state index in [2.05, 4.69) is 9.15 Å². The van der Waals surface area contributed by atoms with Crippen molar-refractivity contribution in [1.29, 1.82) is 0 Å². The van der Waals surface area contributed by atoms with Crippen LogP contribution in [-0.4, -0.2) is 24.2 Å². The Morgan fingerprint density at radius 3 is 1.78 bits per heavy atom. The molecule has 2 fully saturated rings. The summed E-state index contributed by atoms with van der Waals surface area (Å²) in [5, 5.41) is 8.41. The van der Waals surface area contributed by atoms with Crippen molar-refractivity contribution in [3.05, 3.63) is 23.7 Å². The zero-order chi connectivity index (χ0) is 13.4. The van der Waals surface area contributed by atoms with E-state index in [-0.39, 0.29) is 11.5 Å². The lowest BCUT2D eigenvalue weighted by atomic mass is 10.4. The summed E-state index contributed by atoms with van der Waals surface area (Å²) in [6.45, 7) is 0. The maximum absolute atomic E-state index is 10.7. The predicted molar refractivity (Wildman–Crippen MR) is 64.7 cm³/mol. The van der Waals surface area contributed by atoms with Crippen molar-refractivity contribution in [1.82, 2.24) is 0 Å². The van der Waals surface area contributed by atoms with Crippen LogP contribution in [0.4, 0.5) is 0 Å². The number of carbonyl (C=O) groups excluding carboxylic acids is 1. The molecule has 0 amide bonds. The Morgan fingerprint density at radius 2 is 1.50 bits per heavy atom. The third kappa shape index (κ3) is 6.73. The topological polar surface area (TPSA) is 76.7 Å². The fourth-order valence-electron chi connectivity index (χ4n) is 0.663. The van der Waals surface area contributed by atoms with Crippen LogP contribution in [0.25, 0.3) is 0 Å². The molecule has 2 aliphatic rings. The second kappa shape index (κ2) is 7.53. The molecule has 3 rings (SSSR count). The number of rotatable bonds is 2. The number of carboxylic acid groups (broad SMARTS) is 1. The number of carbonyl (C=O) groups is 2. The summed E-state index contributed by atoms with van der Waals surface area (Å²) in [5.41, 5.74) is 0. The van der Waals surface area contributed by atoms with Crippen molar-refractivity contribution < 1.29 is 23.8 Å². The van der Waals surface area contributed by atoms with E-state index in [0.717, 1.165) is 0 Å². The maximum atomic E-state index is 10.7. The van der Waals surface area contributed by atoms with E-state index in [0.29, 0.717) is 0 Å². The minimum absolute atomic E-state index is 0.116. The van der Waals surface area contributed by atoms with Gasteiger partial charge in [-0.15, -0.1) is 0 Å². The number of methoxy groups -OCH3 is 1. The summed E-state index contributed by atoms with van der Waals surface area (Å²) in [6, 6.07) is 2.43. The molecule has 0 aromatic carbocycles. The van der Waals surface area contributed by atoms with Crippen LogP contribution in [0, 0.1) is 0 Å². The number of carboxylic acids is 1. The van der Waals surface area contributed by atoms with Crippen molar-refractivity contribution in [2.75, 3.05) is 7.11 Å². The highest BCUT2D eigenvalue weighted by Crippen LogP contribution is 2.15. The molecular formula is C13H18O5. The van der Waals surface area contributed by atoms with Crippen LogP contribution in [0.1, 0.15) is 59.6 Å². The van der Waals surface area contributed by atoms with Crippen LogP contribution in [0.2, 0.25) is 0 Å². The third-order valence-electron chi connectivity index (χ3n) is 1.91.